The molecule has 0 saturated heterocycles. The summed E-state index contributed by atoms with van der Waals surface area (Å²) < 4.78 is 0. The fraction of sp³-hybridized carbons (Fsp3) is 0.0625. The minimum absolute atomic E-state index is 0.677. The molecule has 0 unspecified atom stereocenters. The van der Waals surface area contributed by atoms with E-state index in [0.717, 1.165) is 22.4 Å². The predicted molar refractivity (Wildman–Crippen MR) is 79.8 cm³/mol. The Hall–Kier alpha value is -2.75. The summed E-state index contributed by atoms with van der Waals surface area (Å²) in [5, 5.41) is 0. The van der Waals surface area contributed by atoms with E-state index in [9.17, 15) is 0 Å². The van der Waals surface area contributed by atoms with Crippen molar-refractivity contribution in [2.45, 2.75) is 6.92 Å². The third-order valence-corrected chi connectivity index (χ3v) is 3.12. The molecule has 0 aliphatic carbocycles. The molecule has 0 fully saturated rings. The van der Waals surface area contributed by atoms with Gasteiger partial charge in [-0.1, -0.05) is 6.07 Å². The largest absolute Gasteiger partial charge is 0.399 e. The van der Waals surface area contributed by atoms with Crippen molar-refractivity contribution in [3.8, 4) is 22.6 Å². The van der Waals surface area contributed by atoms with E-state index in [1.54, 1.807) is 18.6 Å². The van der Waals surface area contributed by atoms with E-state index in [-0.39, 0.29) is 0 Å². The van der Waals surface area contributed by atoms with Gasteiger partial charge in [0.2, 0.25) is 0 Å². The Balaban J connectivity index is 2.10. The fourth-order valence-electron chi connectivity index (χ4n) is 2.04. The van der Waals surface area contributed by atoms with Gasteiger partial charge in [-0.2, -0.15) is 0 Å². The lowest BCUT2D eigenvalue weighted by Crippen LogP contribution is -1.95. The fourth-order valence-corrected chi connectivity index (χ4v) is 2.04. The van der Waals surface area contributed by atoms with Crippen LogP contribution >= 0.6 is 0 Å². The molecule has 3 aromatic rings. The molecule has 0 aliphatic rings. The number of hydrogen-bond acceptors (Lipinski definition) is 4. The van der Waals surface area contributed by atoms with Crippen LogP contribution in [0.1, 0.15) is 5.56 Å². The van der Waals surface area contributed by atoms with Gasteiger partial charge < -0.3 is 5.73 Å². The van der Waals surface area contributed by atoms with E-state index < -0.39 is 0 Å². The molecule has 98 valence electrons. The van der Waals surface area contributed by atoms with Crippen LogP contribution in [0.25, 0.3) is 22.6 Å². The molecule has 20 heavy (non-hydrogen) atoms. The van der Waals surface area contributed by atoms with Gasteiger partial charge in [0, 0.05) is 35.4 Å². The topological polar surface area (TPSA) is 64.7 Å². The van der Waals surface area contributed by atoms with Crippen LogP contribution in [0.4, 0.5) is 5.69 Å². The molecule has 0 saturated carbocycles. The predicted octanol–water partition coefficient (Wildman–Crippen LogP) is 3.10. The number of nitrogens with zero attached hydrogens (tertiary/aromatic N) is 3. The van der Waals surface area contributed by atoms with Crippen LogP contribution < -0.4 is 5.73 Å². The molecule has 2 N–H and O–H groups in total. The number of benzene rings is 1. The Morgan fingerprint density at radius 2 is 1.95 bits per heavy atom. The monoisotopic (exact) mass is 262 g/mol. The number of anilines is 1. The number of rotatable bonds is 2. The van der Waals surface area contributed by atoms with E-state index in [0.29, 0.717) is 11.5 Å². The zero-order valence-electron chi connectivity index (χ0n) is 11.1. The van der Waals surface area contributed by atoms with Crippen LogP contribution in [0.5, 0.6) is 0 Å². The number of aryl methyl sites for hydroxylation is 1. The molecular formula is C16H14N4. The van der Waals surface area contributed by atoms with Crippen molar-refractivity contribution in [3.63, 3.8) is 0 Å². The third kappa shape index (κ3) is 2.36. The van der Waals surface area contributed by atoms with Crippen LogP contribution in [-0.2, 0) is 0 Å². The molecule has 0 radical (unpaired) electrons. The number of hydrogen-bond donors (Lipinski definition) is 1. The van der Waals surface area contributed by atoms with Crippen LogP contribution in [0.15, 0.2) is 55.0 Å². The van der Waals surface area contributed by atoms with Crippen molar-refractivity contribution in [3.05, 3.63) is 60.6 Å². The van der Waals surface area contributed by atoms with Gasteiger partial charge in [-0.3, -0.25) is 4.98 Å². The van der Waals surface area contributed by atoms with Crippen molar-refractivity contribution < 1.29 is 0 Å². The molecular weight excluding hydrogens is 248 g/mol. The van der Waals surface area contributed by atoms with Crippen LogP contribution in [0, 0.1) is 6.92 Å². The van der Waals surface area contributed by atoms with Crippen molar-refractivity contribution >= 4 is 5.69 Å². The summed E-state index contributed by atoms with van der Waals surface area (Å²) in [6.07, 6.45) is 5.29. The van der Waals surface area contributed by atoms with E-state index >= 15 is 0 Å². The van der Waals surface area contributed by atoms with Crippen molar-refractivity contribution in [2.24, 2.45) is 0 Å². The van der Waals surface area contributed by atoms with Crippen LogP contribution in [-0.4, -0.2) is 15.0 Å². The summed E-state index contributed by atoms with van der Waals surface area (Å²) in [6, 6.07) is 11.5. The average molecular weight is 262 g/mol. The molecule has 0 bridgehead atoms. The summed E-state index contributed by atoms with van der Waals surface area (Å²) in [4.78, 5) is 13.1. The van der Waals surface area contributed by atoms with E-state index in [2.05, 4.69) is 15.0 Å². The van der Waals surface area contributed by atoms with E-state index in [1.807, 2.05) is 43.3 Å². The van der Waals surface area contributed by atoms with Crippen molar-refractivity contribution in [1.29, 1.82) is 0 Å². The maximum atomic E-state index is 5.85. The Bertz CT molecular complexity index is 738. The highest BCUT2D eigenvalue weighted by molar-refractivity contribution is 5.67. The lowest BCUT2D eigenvalue weighted by Gasteiger charge is -2.07. The van der Waals surface area contributed by atoms with Gasteiger partial charge in [0.05, 0.1) is 5.69 Å². The molecule has 3 rings (SSSR count). The second-order valence-electron chi connectivity index (χ2n) is 4.58. The van der Waals surface area contributed by atoms with Gasteiger partial charge in [-0.25, -0.2) is 9.97 Å². The van der Waals surface area contributed by atoms with Crippen molar-refractivity contribution in [1.82, 2.24) is 15.0 Å². The van der Waals surface area contributed by atoms with Gasteiger partial charge in [0.15, 0.2) is 5.82 Å². The highest BCUT2D eigenvalue weighted by Crippen LogP contribution is 2.24. The first-order chi connectivity index (χ1) is 9.74. The number of nitrogens with two attached hydrogens (primary N) is 1. The zero-order valence-corrected chi connectivity index (χ0v) is 11.1. The standard InChI is InChI=1S/C16H14N4/c1-11-4-5-13(17)9-14(11)16-19-8-6-15(20-16)12-3-2-7-18-10-12/h2-10H,17H2,1H3. The second-order valence-corrected chi connectivity index (χ2v) is 4.58. The smallest absolute Gasteiger partial charge is 0.160 e. The lowest BCUT2D eigenvalue weighted by molar-refractivity contribution is 1.17. The SMILES string of the molecule is Cc1ccc(N)cc1-c1nccc(-c2cccnc2)n1. The zero-order chi connectivity index (χ0) is 13.9. The quantitative estimate of drug-likeness (QED) is 0.721. The van der Waals surface area contributed by atoms with Gasteiger partial charge in [-0.15, -0.1) is 0 Å². The maximum absolute atomic E-state index is 5.85. The summed E-state index contributed by atoms with van der Waals surface area (Å²) in [5.41, 5.74) is 10.4. The van der Waals surface area contributed by atoms with Crippen LogP contribution in [0.2, 0.25) is 0 Å². The Kier molecular flexibility index (Phi) is 3.13. The first kappa shape index (κ1) is 12.3. The summed E-state index contributed by atoms with van der Waals surface area (Å²) in [5.74, 6) is 0.677. The highest BCUT2D eigenvalue weighted by atomic mass is 14.9. The molecule has 0 amide bonds. The lowest BCUT2D eigenvalue weighted by atomic mass is 10.1. The first-order valence-electron chi connectivity index (χ1n) is 6.34. The number of pyridine rings is 1. The number of nitrogen functional groups attached to an aromatic ring is 1. The molecule has 2 heterocycles. The van der Waals surface area contributed by atoms with Gasteiger partial charge >= 0.3 is 0 Å². The Morgan fingerprint density at radius 1 is 1.05 bits per heavy atom. The van der Waals surface area contributed by atoms with Gasteiger partial charge in [-0.05, 0) is 42.8 Å². The van der Waals surface area contributed by atoms with E-state index in [1.165, 1.54) is 0 Å². The normalized spacial score (nSPS) is 10.4. The molecule has 2 aromatic heterocycles. The molecule has 4 heteroatoms. The molecule has 4 nitrogen and oxygen atoms in total. The third-order valence-electron chi connectivity index (χ3n) is 3.12. The van der Waals surface area contributed by atoms with Crippen molar-refractivity contribution in [2.75, 3.05) is 5.73 Å². The highest BCUT2D eigenvalue weighted by Gasteiger charge is 2.07. The van der Waals surface area contributed by atoms with Gasteiger partial charge in [0.25, 0.3) is 0 Å². The first-order valence-corrected chi connectivity index (χ1v) is 6.34. The molecule has 0 atom stereocenters. The summed E-state index contributed by atoms with van der Waals surface area (Å²) >= 11 is 0. The molecule has 0 aliphatic heterocycles. The van der Waals surface area contributed by atoms with Crippen LogP contribution in [0.3, 0.4) is 0 Å². The van der Waals surface area contributed by atoms with E-state index in [4.69, 9.17) is 5.73 Å². The Labute approximate surface area is 117 Å². The number of aromatic nitrogens is 3. The summed E-state index contributed by atoms with van der Waals surface area (Å²) in [7, 11) is 0. The molecule has 0 spiro atoms. The molecule has 1 aromatic carbocycles. The second kappa shape index (κ2) is 5.09. The average Bonchev–Trinajstić information content (AvgIpc) is 2.51. The Morgan fingerprint density at radius 3 is 2.75 bits per heavy atom. The summed E-state index contributed by atoms with van der Waals surface area (Å²) in [6.45, 7) is 2.02. The minimum atomic E-state index is 0.677. The minimum Gasteiger partial charge on any atom is -0.399 e. The van der Waals surface area contributed by atoms with Gasteiger partial charge in [0.1, 0.15) is 0 Å². The maximum Gasteiger partial charge on any atom is 0.160 e.